The van der Waals surface area contributed by atoms with Gasteiger partial charge in [-0.15, -0.1) is 0 Å². The average molecular weight is 609 g/mol. The summed E-state index contributed by atoms with van der Waals surface area (Å²) in [5.74, 6) is -0.344. The number of pyridine rings is 1. The van der Waals surface area contributed by atoms with Crippen LogP contribution in [0.4, 0.5) is 19.4 Å². The number of piperidine rings is 1. The molecule has 12 heteroatoms. The molecule has 3 atom stereocenters. The van der Waals surface area contributed by atoms with Crippen LogP contribution in [-0.2, 0) is 0 Å². The van der Waals surface area contributed by atoms with Crippen molar-refractivity contribution in [2.24, 2.45) is 0 Å². The molecule has 0 radical (unpaired) electrons. The van der Waals surface area contributed by atoms with Crippen LogP contribution in [0.25, 0.3) is 32.9 Å². The molecule has 0 spiro atoms. The number of aromatic nitrogens is 3. The van der Waals surface area contributed by atoms with E-state index in [4.69, 9.17) is 16.3 Å². The van der Waals surface area contributed by atoms with E-state index < -0.39 is 23.6 Å². The number of rotatable bonds is 6. The van der Waals surface area contributed by atoms with Crippen molar-refractivity contribution in [3.05, 3.63) is 53.4 Å². The van der Waals surface area contributed by atoms with Crippen LogP contribution in [0.3, 0.4) is 0 Å². The number of hydrogen-bond donors (Lipinski definition) is 2. The van der Waals surface area contributed by atoms with Gasteiger partial charge in [0.25, 0.3) is 0 Å². The van der Waals surface area contributed by atoms with Crippen molar-refractivity contribution in [1.82, 2.24) is 24.8 Å². The summed E-state index contributed by atoms with van der Waals surface area (Å²) in [5, 5.41) is 15.2. The number of anilines is 1. The number of carbonyl (C=O) groups is 1. The van der Waals surface area contributed by atoms with Crippen LogP contribution in [0.5, 0.6) is 6.01 Å². The zero-order valence-electron chi connectivity index (χ0n) is 23.4. The molecular formula is C31H31ClF2N6O3. The maximum absolute atomic E-state index is 16.5. The molecular weight excluding hydrogens is 578 g/mol. The highest BCUT2D eigenvalue weighted by molar-refractivity contribution is 6.36. The van der Waals surface area contributed by atoms with Crippen molar-refractivity contribution in [3.8, 4) is 17.3 Å². The molecule has 3 fully saturated rings. The fraction of sp³-hybridized carbons (Fsp3) is 0.419. The molecule has 0 unspecified atom stereocenters. The quantitative estimate of drug-likeness (QED) is 0.269. The van der Waals surface area contributed by atoms with Crippen LogP contribution in [0.2, 0.25) is 5.02 Å². The Bertz CT molecular complexity index is 1720. The first kappa shape index (κ1) is 28.0. The topological polar surface area (TPSA) is 104 Å². The molecule has 224 valence electrons. The molecule has 4 aromatic rings. The summed E-state index contributed by atoms with van der Waals surface area (Å²) >= 11 is 6.55. The lowest BCUT2D eigenvalue weighted by Crippen LogP contribution is -2.44. The van der Waals surface area contributed by atoms with Crippen LogP contribution < -0.4 is 10.1 Å². The van der Waals surface area contributed by atoms with Gasteiger partial charge in [-0.3, -0.25) is 9.88 Å². The van der Waals surface area contributed by atoms with Gasteiger partial charge >= 0.3 is 12.1 Å². The first-order valence-electron chi connectivity index (χ1n) is 14.6. The van der Waals surface area contributed by atoms with Crippen molar-refractivity contribution in [1.29, 1.82) is 0 Å². The number of halogens is 3. The predicted molar refractivity (Wildman–Crippen MR) is 160 cm³/mol. The summed E-state index contributed by atoms with van der Waals surface area (Å²) in [6.45, 7) is 2.10. The monoisotopic (exact) mass is 608 g/mol. The highest BCUT2D eigenvalue weighted by Crippen LogP contribution is 2.41. The molecule has 3 aliphatic heterocycles. The van der Waals surface area contributed by atoms with Crippen molar-refractivity contribution in [2.75, 3.05) is 38.1 Å². The van der Waals surface area contributed by atoms with Crippen molar-refractivity contribution in [3.63, 3.8) is 0 Å². The largest absolute Gasteiger partial charge is 0.465 e. The second-order valence-electron chi connectivity index (χ2n) is 11.8. The highest BCUT2D eigenvalue weighted by Gasteiger charge is 2.49. The van der Waals surface area contributed by atoms with Crippen LogP contribution >= 0.6 is 11.6 Å². The Kier molecular flexibility index (Phi) is 7.17. The molecule has 5 heterocycles. The Hall–Kier alpha value is -3.83. The van der Waals surface area contributed by atoms with Crippen molar-refractivity contribution in [2.45, 2.75) is 49.9 Å². The van der Waals surface area contributed by atoms with Crippen LogP contribution in [0.1, 0.15) is 32.1 Å². The third-order valence-corrected chi connectivity index (χ3v) is 9.35. The number of hydrogen-bond acceptors (Lipinski definition) is 7. The number of fused-ring (bicyclic) bond motifs is 3. The number of benzene rings is 2. The van der Waals surface area contributed by atoms with Crippen molar-refractivity contribution < 1.29 is 23.4 Å². The molecule has 2 aromatic carbocycles. The first-order chi connectivity index (χ1) is 20.8. The second-order valence-corrected chi connectivity index (χ2v) is 12.2. The van der Waals surface area contributed by atoms with Gasteiger partial charge in [0.2, 0.25) is 0 Å². The average Bonchev–Trinajstić information content (AvgIpc) is 3.52. The van der Waals surface area contributed by atoms with E-state index in [9.17, 15) is 14.3 Å². The summed E-state index contributed by atoms with van der Waals surface area (Å²) in [6.07, 6.45) is 3.15. The number of amides is 1. The lowest BCUT2D eigenvalue weighted by molar-refractivity contribution is 0.107. The third-order valence-electron chi connectivity index (χ3n) is 9.04. The van der Waals surface area contributed by atoms with Gasteiger partial charge in [0.05, 0.1) is 10.9 Å². The highest BCUT2D eigenvalue weighted by atomic mass is 35.5. The molecule has 2 N–H and O–H groups in total. The van der Waals surface area contributed by atoms with Gasteiger partial charge in [0.15, 0.2) is 5.82 Å². The van der Waals surface area contributed by atoms with E-state index in [0.29, 0.717) is 59.5 Å². The molecule has 2 aromatic heterocycles. The zero-order chi connectivity index (χ0) is 29.7. The van der Waals surface area contributed by atoms with E-state index in [1.54, 1.807) is 12.1 Å². The molecule has 7 rings (SSSR count). The predicted octanol–water partition coefficient (Wildman–Crippen LogP) is 6.15. The van der Waals surface area contributed by atoms with Gasteiger partial charge in [-0.1, -0.05) is 41.9 Å². The fourth-order valence-corrected chi connectivity index (χ4v) is 7.28. The second kappa shape index (κ2) is 11.0. The van der Waals surface area contributed by atoms with Gasteiger partial charge in [0, 0.05) is 54.3 Å². The van der Waals surface area contributed by atoms with Gasteiger partial charge in [-0.25, -0.2) is 13.6 Å². The van der Waals surface area contributed by atoms with E-state index in [-0.39, 0.29) is 36.4 Å². The Morgan fingerprint density at radius 1 is 1.16 bits per heavy atom. The van der Waals surface area contributed by atoms with E-state index in [1.807, 2.05) is 24.3 Å². The smallest absolute Gasteiger partial charge is 0.407 e. The van der Waals surface area contributed by atoms with Crippen LogP contribution in [-0.4, -0.2) is 86.5 Å². The van der Waals surface area contributed by atoms with E-state index in [2.05, 4.69) is 25.2 Å². The first-order valence-corrected chi connectivity index (χ1v) is 15.0. The Morgan fingerprint density at radius 2 is 2.00 bits per heavy atom. The fourth-order valence-electron chi connectivity index (χ4n) is 7.00. The molecule has 9 nitrogen and oxygen atoms in total. The number of carboxylic acid groups (broad SMARTS) is 1. The summed E-state index contributed by atoms with van der Waals surface area (Å²) in [7, 11) is 0. The van der Waals surface area contributed by atoms with Gasteiger partial charge < -0.3 is 20.1 Å². The van der Waals surface area contributed by atoms with E-state index in [1.165, 1.54) is 11.1 Å². The number of likely N-dealkylation sites (tertiary alicyclic amines) is 1. The normalized spacial score (nSPS) is 24.0. The lowest BCUT2D eigenvalue weighted by Gasteiger charge is -2.32. The van der Waals surface area contributed by atoms with Crippen LogP contribution in [0, 0.1) is 5.82 Å². The number of nitrogens with zero attached hydrogens (tertiary/aromatic N) is 5. The van der Waals surface area contributed by atoms with E-state index >= 15 is 4.39 Å². The zero-order valence-corrected chi connectivity index (χ0v) is 24.2. The number of alkyl halides is 1. The minimum Gasteiger partial charge on any atom is -0.465 e. The van der Waals surface area contributed by atoms with Crippen LogP contribution in [0.15, 0.2) is 42.6 Å². The Balaban J connectivity index is 1.30. The lowest BCUT2D eigenvalue weighted by atomic mass is 9.95. The molecule has 0 aliphatic carbocycles. The molecule has 3 aliphatic rings. The Labute approximate surface area is 251 Å². The van der Waals surface area contributed by atoms with Gasteiger partial charge in [-0.05, 0) is 43.7 Å². The molecule has 0 bridgehead atoms. The summed E-state index contributed by atoms with van der Waals surface area (Å²) in [4.78, 5) is 28.7. The minimum atomic E-state index is -0.989. The van der Waals surface area contributed by atoms with Gasteiger partial charge in [0.1, 0.15) is 29.8 Å². The maximum atomic E-state index is 16.5. The summed E-state index contributed by atoms with van der Waals surface area (Å²) in [6, 6.07) is 10.7. The molecule has 3 saturated heterocycles. The van der Waals surface area contributed by atoms with Gasteiger partial charge in [-0.2, -0.15) is 9.97 Å². The SMILES string of the molecule is O=C(O)N1CCC[C@@H](Nc2nc(OC[C@@]34CCCN3C[C@H](F)C4)nc3c(F)c(-c4cccc5cccc(Cl)c45)ncc23)C1. The maximum Gasteiger partial charge on any atom is 0.407 e. The number of nitrogens with one attached hydrogen (secondary N) is 1. The minimum absolute atomic E-state index is 0.0167. The standard InChI is InChI=1S/C31H31ClF2N6O3/c32-23-9-2-6-18-5-1-8-21(24(18)23)26-25(34)27-22(14-35-26)28(36-20-7-3-11-39(16-20)30(41)42)38-29(37-27)43-17-31-10-4-12-40(31)15-19(33)13-31/h1-2,5-6,8-9,14,19-20H,3-4,7,10-13,15-17H2,(H,41,42)(H,36,37,38)/t19-,20-,31+/m1/s1. The Morgan fingerprint density at radius 3 is 2.84 bits per heavy atom. The molecule has 43 heavy (non-hydrogen) atoms. The summed E-state index contributed by atoms with van der Waals surface area (Å²) < 4.78 is 37.0. The number of ether oxygens (including phenoxy) is 1. The molecule has 1 amide bonds. The molecule has 0 saturated carbocycles. The third kappa shape index (κ3) is 5.08. The van der Waals surface area contributed by atoms with Crippen molar-refractivity contribution >= 4 is 45.2 Å². The van der Waals surface area contributed by atoms with E-state index in [0.717, 1.165) is 24.8 Å². The summed E-state index contributed by atoms with van der Waals surface area (Å²) in [5.41, 5.74) is 0.206.